The minimum Gasteiger partial charge on any atom is -0.473 e. The summed E-state index contributed by atoms with van der Waals surface area (Å²) in [5.41, 5.74) is 0.692. The van der Waals surface area contributed by atoms with Crippen molar-refractivity contribution in [1.29, 1.82) is 0 Å². The van der Waals surface area contributed by atoms with Crippen molar-refractivity contribution in [2.75, 3.05) is 18.8 Å². The second kappa shape index (κ2) is 9.65. The molecule has 0 spiro atoms. The van der Waals surface area contributed by atoms with E-state index in [0.717, 1.165) is 23.1 Å². The maximum Gasteiger partial charge on any atom is 0.414 e. The molecule has 1 amide bonds. The van der Waals surface area contributed by atoms with Gasteiger partial charge in [0, 0.05) is 24.8 Å². The smallest absolute Gasteiger partial charge is 0.414 e. The van der Waals surface area contributed by atoms with Crippen LogP contribution in [0.1, 0.15) is 17.3 Å². The summed E-state index contributed by atoms with van der Waals surface area (Å²) < 4.78 is 0. The number of benzene rings is 2. The fourth-order valence-electron chi connectivity index (χ4n) is 2.45. The van der Waals surface area contributed by atoms with Gasteiger partial charge in [0.15, 0.2) is 11.0 Å². The summed E-state index contributed by atoms with van der Waals surface area (Å²) in [4.78, 5) is 47.7. The maximum atomic E-state index is 12.5. The molecule has 1 aliphatic rings. The van der Waals surface area contributed by atoms with Crippen LogP contribution in [0.15, 0.2) is 47.5 Å². The van der Waals surface area contributed by atoms with Crippen LogP contribution in [0.25, 0.3) is 10.8 Å². The number of nitrogens with zero attached hydrogens (tertiary/aromatic N) is 2. The Morgan fingerprint density at radius 1 is 1.04 bits per heavy atom. The highest BCUT2D eigenvalue weighted by atomic mass is 32.2. The van der Waals surface area contributed by atoms with Crippen LogP contribution in [0.2, 0.25) is 0 Å². The molecule has 146 valence electrons. The molecule has 2 aromatic carbocycles. The summed E-state index contributed by atoms with van der Waals surface area (Å²) in [5, 5.41) is 17.6. The number of fused-ring (bicyclic) bond motifs is 1. The number of carboxylic acid groups (broad SMARTS) is 2. The number of rotatable bonds is 3. The Labute approximate surface area is 164 Å². The van der Waals surface area contributed by atoms with E-state index >= 15 is 0 Å². The number of carbonyl (C=O) groups is 4. The number of amides is 1. The Kier molecular flexibility index (Phi) is 7.28. The molecular formula is C19H18N2O6S. The highest BCUT2D eigenvalue weighted by Gasteiger charge is 2.23. The zero-order valence-electron chi connectivity index (χ0n) is 15.0. The number of aliphatic imine (C=N–C) groups is 1. The lowest BCUT2D eigenvalue weighted by atomic mass is 10.0. The Hall–Kier alpha value is -3.20. The van der Waals surface area contributed by atoms with Gasteiger partial charge < -0.3 is 15.1 Å². The molecule has 1 heterocycles. The molecule has 28 heavy (non-hydrogen) atoms. The van der Waals surface area contributed by atoms with Gasteiger partial charge in [0.1, 0.15) is 0 Å². The topological polar surface area (TPSA) is 124 Å². The molecule has 0 radical (unpaired) electrons. The number of hydrogen-bond donors (Lipinski definition) is 2. The fraction of sp³-hybridized carbons (Fsp3) is 0.211. The van der Waals surface area contributed by atoms with Crippen molar-refractivity contribution < 1.29 is 29.4 Å². The molecule has 0 aromatic heterocycles. The monoisotopic (exact) mass is 402 g/mol. The van der Waals surface area contributed by atoms with Crippen molar-refractivity contribution in [1.82, 2.24) is 4.90 Å². The number of amidine groups is 1. The van der Waals surface area contributed by atoms with Gasteiger partial charge in [0.05, 0.1) is 6.54 Å². The third-order valence-electron chi connectivity index (χ3n) is 3.70. The molecule has 8 nitrogen and oxygen atoms in total. The molecule has 0 bridgehead atoms. The fourth-order valence-corrected chi connectivity index (χ4v) is 3.47. The number of Topliss-reactive ketones (excluding diaryl/α,β-unsaturated/α-hetero) is 1. The Morgan fingerprint density at radius 3 is 2.29 bits per heavy atom. The summed E-state index contributed by atoms with van der Waals surface area (Å²) in [7, 11) is 0. The molecular weight excluding hydrogens is 384 g/mol. The van der Waals surface area contributed by atoms with Gasteiger partial charge in [-0.05, 0) is 16.8 Å². The van der Waals surface area contributed by atoms with Crippen molar-refractivity contribution >= 4 is 51.3 Å². The van der Waals surface area contributed by atoms with E-state index in [4.69, 9.17) is 19.8 Å². The first-order valence-corrected chi connectivity index (χ1v) is 9.21. The molecule has 1 aliphatic heterocycles. The van der Waals surface area contributed by atoms with Crippen molar-refractivity contribution in [3.63, 3.8) is 0 Å². The number of ketones is 1. The first kappa shape index (κ1) is 21.1. The van der Waals surface area contributed by atoms with Gasteiger partial charge in [-0.15, -0.1) is 0 Å². The lowest BCUT2D eigenvalue weighted by molar-refractivity contribution is -0.159. The van der Waals surface area contributed by atoms with E-state index in [1.165, 1.54) is 18.7 Å². The number of carboxylic acids is 2. The average Bonchev–Trinajstić information content (AvgIpc) is 3.07. The zero-order valence-corrected chi connectivity index (χ0v) is 15.8. The number of hydrogen-bond acceptors (Lipinski definition) is 5. The molecule has 3 rings (SSSR count). The van der Waals surface area contributed by atoms with Crippen LogP contribution in [-0.4, -0.2) is 62.8 Å². The van der Waals surface area contributed by atoms with Gasteiger partial charge in [-0.1, -0.05) is 48.2 Å². The molecule has 9 heteroatoms. The summed E-state index contributed by atoms with van der Waals surface area (Å²) >= 11 is 1.52. The quantitative estimate of drug-likeness (QED) is 0.591. The molecule has 1 fully saturated rings. The molecule has 0 atom stereocenters. The molecule has 2 aromatic rings. The van der Waals surface area contributed by atoms with Gasteiger partial charge in [0.25, 0.3) is 0 Å². The van der Waals surface area contributed by atoms with E-state index < -0.39 is 11.9 Å². The van der Waals surface area contributed by atoms with Crippen molar-refractivity contribution in [3.05, 3.63) is 48.0 Å². The molecule has 0 unspecified atom stereocenters. The third kappa shape index (κ3) is 5.92. The van der Waals surface area contributed by atoms with Gasteiger partial charge in [-0.25, -0.2) is 9.59 Å². The largest absolute Gasteiger partial charge is 0.473 e. The van der Waals surface area contributed by atoms with Gasteiger partial charge in [0.2, 0.25) is 5.91 Å². The molecule has 1 saturated heterocycles. The Balaban J connectivity index is 0.000000409. The summed E-state index contributed by atoms with van der Waals surface area (Å²) in [6.07, 6.45) is 0. The van der Waals surface area contributed by atoms with E-state index in [1.54, 1.807) is 0 Å². The lowest BCUT2D eigenvalue weighted by Crippen LogP contribution is -2.31. The first-order valence-electron chi connectivity index (χ1n) is 8.23. The minimum absolute atomic E-state index is 0.0458. The zero-order chi connectivity index (χ0) is 20.7. The predicted octanol–water partition coefficient (Wildman–Crippen LogP) is 2.13. The van der Waals surface area contributed by atoms with Crippen molar-refractivity contribution in [2.45, 2.75) is 6.92 Å². The summed E-state index contributed by atoms with van der Waals surface area (Å²) in [6, 6.07) is 13.7. The summed E-state index contributed by atoms with van der Waals surface area (Å²) in [6.45, 7) is 2.43. The highest BCUT2D eigenvalue weighted by Crippen LogP contribution is 2.20. The van der Waals surface area contributed by atoms with Crippen molar-refractivity contribution in [3.8, 4) is 0 Å². The Bertz CT molecular complexity index is 944. The summed E-state index contributed by atoms with van der Waals surface area (Å²) in [5.74, 6) is -2.97. The number of aliphatic carboxylic acids is 2. The highest BCUT2D eigenvalue weighted by molar-refractivity contribution is 8.14. The van der Waals surface area contributed by atoms with E-state index in [9.17, 15) is 9.59 Å². The average molecular weight is 402 g/mol. The van der Waals surface area contributed by atoms with Crippen LogP contribution in [-0.2, 0) is 14.4 Å². The van der Waals surface area contributed by atoms with E-state index in [1.807, 2.05) is 47.4 Å². The van der Waals surface area contributed by atoms with Gasteiger partial charge in [-0.2, -0.15) is 4.99 Å². The molecule has 2 N–H and O–H groups in total. The van der Waals surface area contributed by atoms with Crippen molar-refractivity contribution in [2.24, 2.45) is 4.99 Å². The number of carbonyl (C=O) groups excluding carboxylic acids is 2. The normalized spacial score (nSPS) is 14.5. The van der Waals surface area contributed by atoms with E-state index in [-0.39, 0.29) is 18.2 Å². The van der Waals surface area contributed by atoms with Crippen LogP contribution in [0.3, 0.4) is 0 Å². The van der Waals surface area contributed by atoms with Gasteiger partial charge >= 0.3 is 11.9 Å². The minimum atomic E-state index is -1.82. The SMILES string of the molecule is CC(=O)N=C1SCCN1CC(=O)c1ccc2ccccc2c1.O=C(O)C(=O)O. The molecule has 0 aliphatic carbocycles. The van der Waals surface area contributed by atoms with Gasteiger partial charge in [-0.3, -0.25) is 9.59 Å². The number of thioether (sulfide) groups is 1. The predicted molar refractivity (Wildman–Crippen MR) is 106 cm³/mol. The maximum absolute atomic E-state index is 12.5. The van der Waals surface area contributed by atoms with Crippen LogP contribution in [0.5, 0.6) is 0 Å². The lowest BCUT2D eigenvalue weighted by Gasteiger charge is -2.16. The van der Waals surface area contributed by atoms with Crippen LogP contribution >= 0.6 is 11.8 Å². The van der Waals surface area contributed by atoms with Crippen LogP contribution in [0.4, 0.5) is 0 Å². The molecule has 0 saturated carbocycles. The third-order valence-corrected chi connectivity index (χ3v) is 4.70. The van der Waals surface area contributed by atoms with E-state index in [2.05, 4.69) is 4.99 Å². The van der Waals surface area contributed by atoms with E-state index in [0.29, 0.717) is 10.7 Å². The van der Waals surface area contributed by atoms with Crippen LogP contribution < -0.4 is 0 Å². The second-order valence-corrected chi connectivity index (χ2v) is 6.84. The first-order chi connectivity index (χ1) is 13.3. The Morgan fingerprint density at radius 2 is 1.68 bits per heavy atom. The second-order valence-electron chi connectivity index (χ2n) is 5.78. The standard InChI is InChI=1S/C17H16N2O2S.C2H2O4/c1-12(20)18-17-19(8-9-22-17)11-16(21)15-7-6-13-4-2-3-5-14(13)10-15;3-1(4)2(5)6/h2-7,10H,8-9,11H2,1H3;(H,3,4)(H,5,6). The van der Waals surface area contributed by atoms with Crippen LogP contribution in [0, 0.1) is 0 Å².